The molecule has 2 nitrogen and oxygen atoms in total. The van der Waals surface area contributed by atoms with Gasteiger partial charge in [-0.2, -0.15) is 11.3 Å². The first-order chi connectivity index (χ1) is 6.68. The molecule has 0 N–H and O–H groups in total. The Morgan fingerprint density at radius 2 is 2.36 bits per heavy atom. The van der Waals surface area contributed by atoms with Crippen LogP contribution < -0.4 is 0 Å². The predicted molar refractivity (Wildman–Crippen MR) is 60.6 cm³/mol. The van der Waals surface area contributed by atoms with Crippen molar-refractivity contribution in [3.05, 3.63) is 22.4 Å². The lowest BCUT2D eigenvalue weighted by Crippen LogP contribution is -2.19. The fourth-order valence-electron chi connectivity index (χ4n) is 1.37. The van der Waals surface area contributed by atoms with Crippen LogP contribution in [0.2, 0.25) is 0 Å². The molecular formula is C11H17NOS. The number of carbonyl (C=O) groups excluding carboxylic acids is 1. The molecule has 0 radical (unpaired) electrons. The molecule has 0 bridgehead atoms. The highest BCUT2D eigenvalue weighted by Gasteiger charge is 2.01. The molecule has 0 saturated heterocycles. The smallest absolute Gasteiger partial charge is 0.129 e. The Morgan fingerprint density at radius 1 is 1.57 bits per heavy atom. The lowest BCUT2D eigenvalue weighted by Gasteiger charge is -2.14. The van der Waals surface area contributed by atoms with Crippen LogP contribution in [0.1, 0.15) is 25.3 Å². The lowest BCUT2D eigenvalue weighted by atomic mass is 10.2. The molecular weight excluding hydrogens is 194 g/mol. The van der Waals surface area contributed by atoms with Crippen LogP contribution in [0.5, 0.6) is 0 Å². The molecule has 0 aliphatic carbocycles. The second-order valence-electron chi connectivity index (χ2n) is 3.67. The summed E-state index contributed by atoms with van der Waals surface area (Å²) in [6.45, 7) is 3.63. The minimum atomic E-state index is 0.286. The summed E-state index contributed by atoms with van der Waals surface area (Å²) < 4.78 is 0. The number of Topliss-reactive ketones (excluding diaryl/α,β-unsaturated/α-hetero) is 1. The molecule has 78 valence electrons. The maximum atomic E-state index is 10.7. The van der Waals surface area contributed by atoms with E-state index in [1.54, 1.807) is 18.3 Å². The van der Waals surface area contributed by atoms with Gasteiger partial charge in [-0.25, -0.2) is 0 Å². The summed E-state index contributed by atoms with van der Waals surface area (Å²) in [5.41, 5.74) is 1.36. The van der Waals surface area contributed by atoms with E-state index >= 15 is 0 Å². The Hall–Kier alpha value is -0.670. The van der Waals surface area contributed by atoms with E-state index in [-0.39, 0.29) is 5.78 Å². The maximum absolute atomic E-state index is 10.7. The van der Waals surface area contributed by atoms with Crippen molar-refractivity contribution in [1.82, 2.24) is 4.90 Å². The van der Waals surface area contributed by atoms with Gasteiger partial charge in [-0.3, -0.25) is 0 Å². The molecule has 0 atom stereocenters. The molecule has 0 aromatic carbocycles. The Balaban J connectivity index is 2.16. The van der Waals surface area contributed by atoms with E-state index in [9.17, 15) is 4.79 Å². The first-order valence-electron chi connectivity index (χ1n) is 4.87. The van der Waals surface area contributed by atoms with E-state index in [0.717, 1.165) is 19.5 Å². The zero-order valence-corrected chi connectivity index (χ0v) is 9.64. The Bertz CT molecular complexity index is 269. The topological polar surface area (TPSA) is 20.3 Å². The summed E-state index contributed by atoms with van der Waals surface area (Å²) in [5, 5.41) is 4.26. The van der Waals surface area contributed by atoms with Gasteiger partial charge in [-0.1, -0.05) is 0 Å². The lowest BCUT2D eigenvalue weighted by molar-refractivity contribution is -0.117. The summed E-state index contributed by atoms with van der Waals surface area (Å²) in [6, 6.07) is 2.14. The Kier molecular flexibility index (Phi) is 4.84. The SMILES string of the molecule is CC(=O)CCCN(C)Cc1ccsc1. The Morgan fingerprint density at radius 3 is 2.93 bits per heavy atom. The minimum absolute atomic E-state index is 0.286. The van der Waals surface area contributed by atoms with Crippen LogP contribution in [-0.2, 0) is 11.3 Å². The molecule has 0 unspecified atom stereocenters. The molecule has 1 aromatic rings. The first kappa shape index (κ1) is 11.4. The summed E-state index contributed by atoms with van der Waals surface area (Å²) in [7, 11) is 2.10. The largest absolute Gasteiger partial charge is 0.302 e. The van der Waals surface area contributed by atoms with Gasteiger partial charge >= 0.3 is 0 Å². The molecule has 0 fully saturated rings. The number of hydrogen-bond acceptors (Lipinski definition) is 3. The van der Waals surface area contributed by atoms with Gasteiger partial charge in [0.2, 0.25) is 0 Å². The average Bonchev–Trinajstić information content (AvgIpc) is 2.56. The monoisotopic (exact) mass is 211 g/mol. The number of thiophene rings is 1. The summed E-state index contributed by atoms with van der Waals surface area (Å²) in [4.78, 5) is 13.0. The molecule has 14 heavy (non-hydrogen) atoms. The predicted octanol–water partition coefficient (Wildman–Crippen LogP) is 2.55. The van der Waals surface area contributed by atoms with E-state index < -0.39 is 0 Å². The van der Waals surface area contributed by atoms with Crippen molar-refractivity contribution in [2.24, 2.45) is 0 Å². The van der Waals surface area contributed by atoms with Crippen molar-refractivity contribution >= 4 is 17.1 Å². The molecule has 1 rings (SSSR count). The summed E-state index contributed by atoms with van der Waals surface area (Å²) >= 11 is 1.73. The first-order valence-corrected chi connectivity index (χ1v) is 5.82. The molecule has 0 aliphatic rings. The van der Waals surface area contributed by atoms with Gasteiger partial charge < -0.3 is 9.69 Å². The van der Waals surface area contributed by atoms with E-state index in [1.165, 1.54) is 5.56 Å². The van der Waals surface area contributed by atoms with E-state index in [2.05, 4.69) is 28.8 Å². The molecule has 0 amide bonds. The highest BCUT2D eigenvalue weighted by Crippen LogP contribution is 2.08. The van der Waals surface area contributed by atoms with Gasteiger partial charge in [-0.15, -0.1) is 0 Å². The third-order valence-electron chi connectivity index (χ3n) is 2.10. The maximum Gasteiger partial charge on any atom is 0.129 e. The summed E-state index contributed by atoms with van der Waals surface area (Å²) in [6.07, 6.45) is 1.67. The van der Waals surface area contributed by atoms with E-state index in [0.29, 0.717) is 6.42 Å². The van der Waals surface area contributed by atoms with Crippen LogP contribution in [0, 0.1) is 0 Å². The van der Waals surface area contributed by atoms with Crippen molar-refractivity contribution in [3.63, 3.8) is 0 Å². The van der Waals surface area contributed by atoms with Crippen LogP contribution in [0.15, 0.2) is 16.8 Å². The summed E-state index contributed by atoms with van der Waals surface area (Å²) in [5.74, 6) is 0.286. The third kappa shape index (κ3) is 4.53. The molecule has 0 aliphatic heterocycles. The van der Waals surface area contributed by atoms with Gasteiger partial charge in [-0.05, 0) is 49.3 Å². The van der Waals surface area contributed by atoms with E-state index in [1.807, 2.05) is 0 Å². The van der Waals surface area contributed by atoms with Crippen LogP contribution in [-0.4, -0.2) is 24.3 Å². The molecule has 0 saturated carbocycles. The third-order valence-corrected chi connectivity index (χ3v) is 2.83. The van der Waals surface area contributed by atoms with Gasteiger partial charge in [0, 0.05) is 13.0 Å². The van der Waals surface area contributed by atoms with Gasteiger partial charge in [0.05, 0.1) is 0 Å². The number of nitrogens with zero attached hydrogens (tertiary/aromatic N) is 1. The van der Waals surface area contributed by atoms with Gasteiger partial charge in [0.1, 0.15) is 5.78 Å². The molecule has 1 aromatic heterocycles. The van der Waals surface area contributed by atoms with Gasteiger partial charge in [0.15, 0.2) is 0 Å². The van der Waals surface area contributed by atoms with Crippen molar-refractivity contribution in [2.75, 3.05) is 13.6 Å². The zero-order chi connectivity index (χ0) is 10.4. The van der Waals surface area contributed by atoms with Crippen LogP contribution in [0.4, 0.5) is 0 Å². The molecule has 1 heterocycles. The quantitative estimate of drug-likeness (QED) is 0.720. The highest BCUT2D eigenvalue weighted by molar-refractivity contribution is 7.07. The fourth-order valence-corrected chi connectivity index (χ4v) is 2.03. The van der Waals surface area contributed by atoms with Crippen molar-refractivity contribution in [2.45, 2.75) is 26.3 Å². The average molecular weight is 211 g/mol. The second kappa shape index (κ2) is 5.94. The standard InChI is InChI=1S/C11H17NOS/c1-10(13)4-3-6-12(2)8-11-5-7-14-9-11/h5,7,9H,3-4,6,8H2,1-2H3. The van der Waals surface area contributed by atoms with Crippen molar-refractivity contribution < 1.29 is 4.79 Å². The number of ketones is 1. The minimum Gasteiger partial charge on any atom is -0.302 e. The second-order valence-corrected chi connectivity index (χ2v) is 4.45. The normalized spacial score (nSPS) is 10.8. The number of hydrogen-bond donors (Lipinski definition) is 0. The van der Waals surface area contributed by atoms with Crippen molar-refractivity contribution in [1.29, 1.82) is 0 Å². The van der Waals surface area contributed by atoms with Gasteiger partial charge in [0.25, 0.3) is 0 Å². The zero-order valence-electron chi connectivity index (χ0n) is 8.82. The molecule has 0 spiro atoms. The van der Waals surface area contributed by atoms with Crippen LogP contribution in [0.3, 0.4) is 0 Å². The fraction of sp³-hybridized carbons (Fsp3) is 0.545. The Labute approximate surface area is 89.5 Å². The molecule has 3 heteroatoms. The number of carbonyl (C=O) groups is 1. The van der Waals surface area contributed by atoms with E-state index in [4.69, 9.17) is 0 Å². The van der Waals surface area contributed by atoms with Crippen LogP contribution >= 0.6 is 11.3 Å². The van der Waals surface area contributed by atoms with Crippen LogP contribution in [0.25, 0.3) is 0 Å². The number of rotatable bonds is 6. The highest BCUT2D eigenvalue weighted by atomic mass is 32.1. The van der Waals surface area contributed by atoms with Crippen molar-refractivity contribution in [3.8, 4) is 0 Å².